The van der Waals surface area contributed by atoms with Crippen LogP contribution < -0.4 is 0 Å². The van der Waals surface area contributed by atoms with E-state index >= 15 is 0 Å². The number of nitrogens with zero attached hydrogens (tertiary/aromatic N) is 2. The van der Waals surface area contributed by atoms with Crippen molar-refractivity contribution >= 4 is 5.97 Å². The molecule has 1 aromatic heterocycles. The average Bonchev–Trinajstić information content (AvgIpc) is 2.38. The Labute approximate surface area is 102 Å². The highest BCUT2D eigenvalue weighted by Gasteiger charge is 2.08. The smallest absolute Gasteiger partial charge is 0.335 e. The van der Waals surface area contributed by atoms with Crippen LogP contribution >= 0.6 is 0 Å². The summed E-state index contributed by atoms with van der Waals surface area (Å²) in [7, 11) is 0. The van der Waals surface area contributed by atoms with Crippen LogP contribution in [0, 0.1) is 17.1 Å². The molecule has 0 bridgehead atoms. The lowest BCUT2D eigenvalue weighted by Gasteiger charge is -2.03. The van der Waals surface area contributed by atoms with E-state index in [0.29, 0.717) is 11.3 Å². The van der Waals surface area contributed by atoms with Gasteiger partial charge in [0.25, 0.3) is 0 Å². The number of carbonyl (C=O) groups is 1. The zero-order chi connectivity index (χ0) is 13.1. The predicted octanol–water partition coefficient (Wildman–Crippen LogP) is 2.46. The van der Waals surface area contributed by atoms with E-state index in [1.54, 1.807) is 6.07 Å². The molecule has 1 aromatic carbocycles. The average molecular weight is 242 g/mol. The highest BCUT2D eigenvalue weighted by atomic mass is 19.1. The molecule has 0 saturated heterocycles. The number of hydrogen-bond acceptors (Lipinski definition) is 3. The van der Waals surface area contributed by atoms with Crippen molar-refractivity contribution in [1.29, 1.82) is 5.26 Å². The van der Waals surface area contributed by atoms with Gasteiger partial charge < -0.3 is 5.11 Å². The van der Waals surface area contributed by atoms with Crippen molar-refractivity contribution in [3.8, 4) is 17.3 Å². The zero-order valence-electron chi connectivity index (χ0n) is 9.09. The lowest BCUT2D eigenvalue weighted by molar-refractivity contribution is 0.0697. The molecule has 0 spiro atoms. The van der Waals surface area contributed by atoms with E-state index in [9.17, 15) is 9.18 Å². The third-order valence-electron chi connectivity index (χ3n) is 2.39. The van der Waals surface area contributed by atoms with Crippen LogP contribution in [0.15, 0.2) is 36.5 Å². The Morgan fingerprint density at radius 2 is 2.11 bits per heavy atom. The van der Waals surface area contributed by atoms with Gasteiger partial charge in [0.15, 0.2) is 0 Å². The lowest BCUT2D eigenvalue weighted by Crippen LogP contribution is -1.97. The molecule has 0 aliphatic heterocycles. The SMILES string of the molecule is N#Cc1ccc(-c2cc(C(=O)O)ccn2)cc1F. The monoisotopic (exact) mass is 242 g/mol. The van der Waals surface area contributed by atoms with E-state index < -0.39 is 11.8 Å². The first-order valence-corrected chi connectivity index (χ1v) is 5.01. The summed E-state index contributed by atoms with van der Waals surface area (Å²) in [6.07, 6.45) is 1.34. The number of halogens is 1. The largest absolute Gasteiger partial charge is 0.478 e. The van der Waals surface area contributed by atoms with Gasteiger partial charge in [0.05, 0.1) is 16.8 Å². The number of carboxylic acids is 1. The second-order valence-corrected chi connectivity index (χ2v) is 3.54. The molecule has 88 valence electrons. The van der Waals surface area contributed by atoms with Crippen molar-refractivity contribution in [1.82, 2.24) is 4.98 Å². The van der Waals surface area contributed by atoms with E-state index in [1.807, 2.05) is 0 Å². The van der Waals surface area contributed by atoms with Gasteiger partial charge >= 0.3 is 5.97 Å². The molecule has 0 fully saturated rings. The van der Waals surface area contributed by atoms with Crippen molar-refractivity contribution in [2.24, 2.45) is 0 Å². The first-order chi connectivity index (χ1) is 8.61. The second-order valence-electron chi connectivity index (χ2n) is 3.54. The zero-order valence-corrected chi connectivity index (χ0v) is 9.09. The summed E-state index contributed by atoms with van der Waals surface area (Å²) in [5.41, 5.74) is 0.783. The molecule has 0 amide bonds. The molecule has 0 atom stereocenters. The van der Waals surface area contributed by atoms with Gasteiger partial charge in [-0.05, 0) is 24.3 Å². The molecule has 5 heteroatoms. The van der Waals surface area contributed by atoms with Gasteiger partial charge in [-0.25, -0.2) is 9.18 Å². The van der Waals surface area contributed by atoms with Crippen molar-refractivity contribution in [3.05, 3.63) is 53.5 Å². The summed E-state index contributed by atoms with van der Waals surface area (Å²) in [6, 6.07) is 8.43. The van der Waals surface area contributed by atoms with Gasteiger partial charge in [0.2, 0.25) is 0 Å². The first kappa shape index (κ1) is 11.7. The van der Waals surface area contributed by atoms with Gasteiger partial charge in [-0.2, -0.15) is 5.26 Å². The van der Waals surface area contributed by atoms with Crippen LogP contribution in [0.2, 0.25) is 0 Å². The summed E-state index contributed by atoms with van der Waals surface area (Å²) in [6.45, 7) is 0. The molecular weight excluding hydrogens is 235 g/mol. The number of nitriles is 1. The van der Waals surface area contributed by atoms with Gasteiger partial charge in [0.1, 0.15) is 11.9 Å². The highest BCUT2D eigenvalue weighted by molar-refractivity contribution is 5.88. The fourth-order valence-electron chi connectivity index (χ4n) is 1.49. The summed E-state index contributed by atoms with van der Waals surface area (Å²) in [5.74, 6) is -1.73. The van der Waals surface area contributed by atoms with Crippen LogP contribution in [-0.4, -0.2) is 16.1 Å². The molecule has 0 aliphatic rings. The number of pyridine rings is 1. The Morgan fingerprint density at radius 1 is 1.33 bits per heavy atom. The van der Waals surface area contributed by atoms with Crippen molar-refractivity contribution in [3.63, 3.8) is 0 Å². The Balaban J connectivity index is 2.49. The van der Waals surface area contributed by atoms with Crippen molar-refractivity contribution in [2.45, 2.75) is 0 Å². The second kappa shape index (κ2) is 4.63. The van der Waals surface area contributed by atoms with Crippen LogP contribution in [0.4, 0.5) is 4.39 Å². The number of benzene rings is 1. The standard InChI is InChI=1S/C13H7FN2O2/c14-11-5-8(1-2-10(11)7-15)12-6-9(13(17)18)3-4-16-12/h1-6H,(H,17,18). The van der Waals surface area contributed by atoms with Gasteiger partial charge in [-0.1, -0.05) is 6.07 Å². The van der Waals surface area contributed by atoms with Gasteiger partial charge in [-0.3, -0.25) is 4.98 Å². The normalized spacial score (nSPS) is 9.78. The number of hydrogen-bond donors (Lipinski definition) is 1. The molecule has 2 rings (SSSR count). The van der Waals surface area contributed by atoms with Crippen LogP contribution in [0.3, 0.4) is 0 Å². The Kier molecular flexibility index (Phi) is 3.02. The molecule has 2 aromatic rings. The predicted molar refractivity (Wildman–Crippen MR) is 61.3 cm³/mol. The topological polar surface area (TPSA) is 74.0 Å². The molecule has 0 unspecified atom stereocenters. The Bertz CT molecular complexity index is 662. The first-order valence-electron chi connectivity index (χ1n) is 5.01. The van der Waals surface area contributed by atoms with Crippen molar-refractivity contribution < 1.29 is 14.3 Å². The number of carboxylic acid groups (broad SMARTS) is 1. The maximum Gasteiger partial charge on any atom is 0.335 e. The lowest BCUT2D eigenvalue weighted by atomic mass is 10.1. The summed E-state index contributed by atoms with van der Waals surface area (Å²) >= 11 is 0. The molecule has 0 saturated carbocycles. The maximum absolute atomic E-state index is 13.4. The Morgan fingerprint density at radius 3 is 2.72 bits per heavy atom. The van der Waals surface area contributed by atoms with Crippen LogP contribution in [-0.2, 0) is 0 Å². The molecule has 0 aliphatic carbocycles. The summed E-state index contributed by atoms with van der Waals surface area (Å²) < 4.78 is 13.4. The molecule has 0 radical (unpaired) electrons. The highest BCUT2D eigenvalue weighted by Crippen LogP contribution is 2.20. The minimum absolute atomic E-state index is 0.0619. The molecular formula is C13H7FN2O2. The number of aromatic nitrogens is 1. The maximum atomic E-state index is 13.4. The van der Waals surface area contributed by atoms with E-state index in [0.717, 1.165) is 6.07 Å². The van der Waals surface area contributed by atoms with Crippen LogP contribution in [0.1, 0.15) is 15.9 Å². The van der Waals surface area contributed by atoms with Crippen LogP contribution in [0.5, 0.6) is 0 Å². The van der Waals surface area contributed by atoms with E-state index in [-0.39, 0.29) is 11.1 Å². The van der Waals surface area contributed by atoms with E-state index in [4.69, 9.17) is 10.4 Å². The fourth-order valence-corrected chi connectivity index (χ4v) is 1.49. The summed E-state index contributed by atoms with van der Waals surface area (Å²) in [5, 5.41) is 17.5. The number of rotatable bonds is 2. The quantitative estimate of drug-likeness (QED) is 0.877. The molecule has 1 N–H and O–H groups in total. The Hall–Kier alpha value is -2.74. The van der Waals surface area contributed by atoms with Gasteiger partial charge in [-0.15, -0.1) is 0 Å². The van der Waals surface area contributed by atoms with E-state index in [1.165, 1.54) is 30.5 Å². The van der Waals surface area contributed by atoms with Crippen molar-refractivity contribution in [2.75, 3.05) is 0 Å². The van der Waals surface area contributed by atoms with E-state index in [2.05, 4.69) is 4.98 Å². The minimum Gasteiger partial charge on any atom is -0.478 e. The minimum atomic E-state index is -1.08. The number of aromatic carboxylic acids is 1. The summed E-state index contributed by atoms with van der Waals surface area (Å²) in [4.78, 5) is 14.8. The third-order valence-corrected chi connectivity index (χ3v) is 2.39. The van der Waals surface area contributed by atoms with Crippen LogP contribution in [0.25, 0.3) is 11.3 Å². The molecule has 1 heterocycles. The van der Waals surface area contributed by atoms with Gasteiger partial charge in [0, 0.05) is 11.8 Å². The third kappa shape index (κ3) is 2.18. The molecule has 18 heavy (non-hydrogen) atoms. The molecule has 4 nitrogen and oxygen atoms in total. The fraction of sp³-hybridized carbons (Fsp3) is 0.